The van der Waals surface area contributed by atoms with Crippen LogP contribution in [0, 0.1) is 0 Å². The summed E-state index contributed by atoms with van der Waals surface area (Å²) in [7, 11) is 12.1. The molecule has 0 spiro atoms. The Hall–Kier alpha value is 0.830. The van der Waals surface area contributed by atoms with Crippen LogP contribution in [-0.2, 0) is 9.53 Å². The summed E-state index contributed by atoms with van der Waals surface area (Å²) in [5.41, 5.74) is 0. The van der Waals surface area contributed by atoms with Gasteiger partial charge in [-0.3, -0.25) is 4.79 Å². The first-order valence-corrected chi connectivity index (χ1v) is 23.8. The SMILES string of the molecule is CCCCCCCCCCCCCCSSCC(COC(=O)CCCN(C)C)SSCCCCCCCCCCCCCC. The van der Waals surface area contributed by atoms with Crippen LogP contribution in [0.15, 0.2) is 0 Å². The Labute approximate surface area is 292 Å². The van der Waals surface area contributed by atoms with Gasteiger partial charge in [0, 0.05) is 23.7 Å². The lowest BCUT2D eigenvalue weighted by molar-refractivity contribution is -0.143. The van der Waals surface area contributed by atoms with Gasteiger partial charge in [0.15, 0.2) is 0 Å². The van der Waals surface area contributed by atoms with E-state index in [4.69, 9.17) is 4.74 Å². The summed E-state index contributed by atoms with van der Waals surface area (Å²) in [6, 6.07) is 0. The van der Waals surface area contributed by atoms with E-state index in [0.29, 0.717) is 18.3 Å². The van der Waals surface area contributed by atoms with Crippen molar-refractivity contribution >= 4 is 49.1 Å². The molecule has 0 saturated heterocycles. The second kappa shape index (κ2) is 38.3. The predicted molar refractivity (Wildman–Crippen MR) is 210 cm³/mol. The highest BCUT2D eigenvalue weighted by molar-refractivity contribution is 8.78. The number of hydrogen-bond donors (Lipinski definition) is 0. The standard InChI is InChI=1S/C37H75NO2S4/c1-5-7-9-11-13-15-17-19-21-23-25-27-32-41-43-35-36(34-40-37(39)30-29-31-38(3)4)44-42-33-28-26-24-22-20-18-16-14-12-10-8-6-2/h36H,5-35H2,1-4H3. The summed E-state index contributed by atoms with van der Waals surface area (Å²) in [6.45, 7) is 6.08. The van der Waals surface area contributed by atoms with Gasteiger partial charge < -0.3 is 9.64 Å². The van der Waals surface area contributed by atoms with Crippen LogP contribution in [0.5, 0.6) is 0 Å². The molecule has 0 heterocycles. The first-order chi connectivity index (χ1) is 21.6. The molecule has 0 radical (unpaired) electrons. The molecular formula is C37H75NO2S4. The predicted octanol–water partition coefficient (Wildman–Crippen LogP) is 13.4. The smallest absolute Gasteiger partial charge is 0.305 e. The number of nitrogens with zero attached hydrogens (tertiary/aromatic N) is 1. The zero-order valence-corrected chi connectivity index (χ0v) is 33.2. The molecule has 264 valence electrons. The zero-order chi connectivity index (χ0) is 32.2. The third-order valence-corrected chi connectivity index (χ3v) is 13.8. The van der Waals surface area contributed by atoms with E-state index in [-0.39, 0.29) is 5.97 Å². The fraction of sp³-hybridized carbons (Fsp3) is 0.973. The number of unbranched alkanes of at least 4 members (excludes halogenated alkanes) is 22. The molecule has 0 aromatic rings. The van der Waals surface area contributed by atoms with Crippen molar-refractivity contribution in [1.29, 1.82) is 0 Å². The average molecular weight is 694 g/mol. The van der Waals surface area contributed by atoms with E-state index in [1.165, 1.54) is 166 Å². The second-order valence-corrected chi connectivity index (χ2v) is 18.4. The Bertz CT molecular complexity index is 568. The van der Waals surface area contributed by atoms with Gasteiger partial charge in [0.1, 0.15) is 6.61 Å². The Balaban J connectivity index is 3.92. The van der Waals surface area contributed by atoms with Gasteiger partial charge >= 0.3 is 5.97 Å². The van der Waals surface area contributed by atoms with E-state index >= 15 is 0 Å². The number of ether oxygens (including phenoxy) is 1. The van der Waals surface area contributed by atoms with Crippen LogP contribution >= 0.6 is 43.2 Å². The van der Waals surface area contributed by atoms with Crippen LogP contribution in [0.1, 0.15) is 181 Å². The number of carbonyl (C=O) groups is 1. The molecule has 0 aliphatic heterocycles. The molecule has 0 saturated carbocycles. The highest BCUT2D eigenvalue weighted by atomic mass is 33.1. The molecule has 0 bridgehead atoms. The van der Waals surface area contributed by atoms with Crippen molar-refractivity contribution in [2.45, 2.75) is 186 Å². The maximum Gasteiger partial charge on any atom is 0.305 e. The number of esters is 1. The lowest BCUT2D eigenvalue weighted by atomic mass is 10.1. The van der Waals surface area contributed by atoms with Crippen LogP contribution in [-0.4, -0.2) is 60.6 Å². The van der Waals surface area contributed by atoms with E-state index in [2.05, 4.69) is 32.8 Å². The van der Waals surface area contributed by atoms with E-state index < -0.39 is 0 Å². The quantitative estimate of drug-likeness (QED) is 0.0363. The monoisotopic (exact) mass is 693 g/mol. The Morgan fingerprint density at radius 3 is 1.39 bits per heavy atom. The van der Waals surface area contributed by atoms with E-state index in [9.17, 15) is 4.79 Å². The third-order valence-electron chi connectivity index (χ3n) is 8.12. The topological polar surface area (TPSA) is 29.5 Å². The summed E-state index contributed by atoms with van der Waals surface area (Å²) in [4.78, 5) is 14.4. The lowest BCUT2D eigenvalue weighted by Crippen LogP contribution is -2.19. The molecule has 1 atom stereocenters. The van der Waals surface area contributed by atoms with Gasteiger partial charge in [-0.15, -0.1) is 0 Å². The van der Waals surface area contributed by atoms with Gasteiger partial charge in [0.2, 0.25) is 0 Å². The summed E-state index contributed by atoms with van der Waals surface area (Å²) in [5, 5.41) is 0.384. The first kappa shape index (κ1) is 44.8. The fourth-order valence-electron chi connectivity index (χ4n) is 5.23. The molecule has 0 fully saturated rings. The molecule has 1 unspecified atom stereocenters. The normalized spacial score (nSPS) is 12.3. The van der Waals surface area contributed by atoms with Gasteiger partial charge in [-0.25, -0.2) is 0 Å². The molecule has 0 aliphatic rings. The maximum absolute atomic E-state index is 12.3. The first-order valence-electron chi connectivity index (χ1n) is 18.9. The van der Waals surface area contributed by atoms with Crippen LogP contribution in [0.2, 0.25) is 0 Å². The largest absolute Gasteiger partial charge is 0.464 e. The van der Waals surface area contributed by atoms with Gasteiger partial charge in [-0.05, 0) is 39.9 Å². The molecule has 0 amide bonds. The number of rotatable bonds is 37. The molecule has 44 heavy (non-hydrogen) atoms. The van der Waals surface area contributed by atoms with Crippen molar-refractivity contribution in [3.8, 4) is 0 Å². The van der Waals surface area contributed by atoms with Crippen molar-refractivity contribution in [3.63, 3.8) is 0 Å². The van der Waals surface area contributed by atoms with Crippen LogP contribution in [0.25, 0.3) is 0 Å². The van der Waals surface area contributed by atoms with Crippen molar-refractivity contribution in [2.75, 3.05) is 44.5 Å². The number of carbonyl (C=O) groups excluding carboxylic acids is 1. The van der Waals surface area contributed by atoms with Gasteiger partial charge in [-0.2, -0.15) is 0 Å². The Morgan fingerprint density at radius 1 is 0.545 bits per heavy atom. The van der Waals surface area contributed by atoms with Crippen LogP contribution < -0.4 is 0 Å². The summed E-state index contributed by atoms with van der Waals surface area (Å²) in [6.07, 6.45) is 35.2. The molecule has 0 rings (SSSR count). The molecule has 0 aromatic heterocycles. The lowest BCUT2D eigenvalue weighted by Gasteiger charge is -2.16. The molecule has 3 nitrogen and oxygen atoms in total. The summed E-state index contributed by atoms with van der Waals surface area (Å²) < 4.78 is 5.72. The minimum absolute atomic E-state index is 0.0300. The highest BCUT2D eigenvalue weighted by Gasteiger charge is 2.14. The maximum atomic E-state index is 12.3. The zero-order valence-electron chi connectivity index (χ0n) is 29.9. The van der Waals surface area contributed by atoms with Crippen LogP contribution in [0.4, 0.5) is 0 Å². The Morgan fingerprint density at radius 2 is 0.955 bits per heavy atom. The third kappa shape index (κ3) is 37.3. The van der Waals surface area contributed by atoms with Crippen molar-refractivity contribution < 1.29 is 9.53 Å². The Kier molecular flexibility index (Phi) is 39.0. The summed E-state index contributed by atoms with van der Waals surface area (Å²) in [5.74, 6) is 3.49. The van der Waals surface area contributed by atoms with Crippen LogP contribution in [0.3, 0.4) is 0 Å². The van der Waals surface area contributed by atoms with Gasteiger partial charge in [-0.1, -0.05) is 198 Å². The second-order valence-electron chi connectivity index (χ2n) is 13.0. The minimum atomic E-state index is -0.0300. The van der Waals surface area contributed by atoms with E-state index in [0.717, 1.165) is 18.7 Å². The van der Waals surface area contributed by atoms with Gasteiger partial charge in [0.05, 0.1) is 5.25 Å². The molecule has 0 aromatic carbocycles. The van der Waals surface area contributed by atoms with Crippen molar-refractivity contribution in [3.05, 3.63) is 0 Å². The number of hydrogen-bond acceptors (Lipinski definition) is 7. The molecular weight excluding hydrogens is 619 g/mol. The van der Waals surface area contributed by atoms with E-state index in [1.807, 2.05) is 43.2 Å². The van der Waals surface area contributed by atoms with Crippen molar-refractivity contribution in [2.24, 2.45) is 0 Å². The fourth-order valence-corrected chi connectivity index (χ4v) is 10.8. The summed E-state index contributed by atoms with van der Waals surface area (Å²) >= 11 is 0. The molecule has 7 heteroatoms. The minimum Gasteiger partial charge on any atom is -0.464 e. The van der Waals surface area contributed by atoms with Crippen molar-refractivity contribution in [1.82, 2.24) is 4.90 Å². The van der Waals surface area contributed by atoms with E-state index in [1.54, 1.807) is 0 Å². The molecule has 0 aliphatic carbocycles. The average Bonchev–Trinajstić information content (AvgIpc) is 3.01. The van der Waals surface area contributed by atoms with Gasteiger partial charge in [0.25, 0.3) is 0 Å². The molecule has 0 N–H and O–H groups in total. The highest BCUT2D eigenvalue weighted by Crippen LogP contribution is 2.34.